The topological polar surface area (TPSA) is 75.5 Å². The van der Waals surface area contributed by atoms with E-state index in [-0.39, 0.29) is 11.9 Å². The van der Waals surface area contributed by atoms with Crippen LogP contribution in [-0.2, 0) is 18.2 Å². The predicted octanol–water partition coefficient (Wildman–Crippen LogP) is -0.114. The van der Waals surface area contributed by atoms with Crippen molar-refractivity contribution < 1.29 is 4.74 Å². The molecule has 3 heterocycles. The summed E-state index contributed by atoms with van der Waals surface area (Å²) in [6, 6.07) is 6.26. The molecule has 1 unspecified atom stereocenters. The molecule has 0 spiro atoms. The van der Waals surface area contributed by atoms with E-state index in [0.717, 1.165) is 89.4 Å². The summed E-state index contributed by atoms with van der Waals surface area (Å²) < 4.78 is 9.57. The fourth-order valence-electron chi connectivity index (χ4n) is 4.44. The van der Waals surface area contributed by atoms with E-state index >= 15 is 0 Å². The molecule has 0 bridgehead atoms. The predicted molar refractivity (Wildman–Crippen MR) is 116 cm³/mol. The molecule has 1 aromatic carbocycles. The number of para-hydroxylation sites is 1. The molecule has 2 aromatic rings. The number of aromatic nitrogens is 2. The Labute approximate surface area is 172 Å². The van der Waals surface area contributed by atoms with Crippen molar-refractivity contribution in [2.24, 2.45) is 7.05 Å². The lowest BCUT2D eigenvalue weighted by molar-refractivity contribution is 0.0976. The lowest BCUT2D eigenvalue weighted by atomic mass is 10.1. The molecule has 0 amide bonds. The molecule has 1 atom stereocenters. The number of piperazine rings is 2. The number of fused-ring (bicyclic) bond motifs is 1. The minimum atomic E-state index is 0.00326. The summed E-state index contributed by atoms with van der Waals surface area (Å²) in [6.07, 6.45) is 1.88. The van der Waals surface area contributed by atoms with Crippen LogP contribution in [0.4, 0.5) is 0 Å². The second-order valence-corrected chi connectivity index (χ2v) is 7.98. The van der Waals surface area contributed by atoms with Crippen LogP contribution in [0.25, 0.3) is 11.0 Å². The highest BCUT2D eigenvalue weighted by Gasteiger charge is 2.21. The van der Waals surface area contributed by atoms with Crippen LogP contribution in [0.3, 0.4) is 0 Å². The third-order valence-corrected chi connectivity index (χ3v) is 6.01. The lowest BCUT2D eigenvalue weighted by Crippen LogP contribution is -2.48. The SMILES string of the molecule is Cn1c(=O)n(C2CNCCN2)c2cccc(CCCOCCN3CCNCC3)c21. The Kier molecular flexibility index (Phi) is 6.99. The van der Waals surface area contributed by atoms with E-state index in [4.69, 9.17) is 4.74 Å². The second-order valence-electron chi connectivity index (χ2n) is 7.98. The Morgan fingerprint density at radius 2 is 1.97 bits per heavy atom. The molecule has 8 heteroatoms. The zero-order chi connectivity index (χ0) is 20.1. The molecule has 0 aliphatic carbocycles. The number of ether oxygens (including phenoxy) is 1. The summed E-state index contributed by atoms with van der Waals surface area (Å²) in [6.45, 7) is 9.52. The van der Waals surface area contributed by atoms with Crippen molar-refractivity contribution in [3.63, 3.8) is 0 Å². The maximum absolute atomic E-state index is 12.9. The smallest absolute Gasteiger partial charge is 0.330 e. The van der Waals surface area contributed by atoms with Crippen LogP contribution in [0.2, 0.25) is 0 Å². The van der Waals surface area contributed by atoms with E-state index in [9.17, 15) is 4.79 Å². The molecule has 2 aliphatic heterocycles. The van der Waals surface area contributed by atoms with Gasteiger partial charge < -0.3 is 15.4 Å². The molecule has 4 rings (SSSR count). The van der Waals surface area contributed by atoms with Crippen LogP contribution in [0.1, 0.15) is 18.2 Å². The maximum Gasteiger partial charge on any atom is 0.330 e. The van der Waals surface area contributed by atoms with Crippen LogP contribution in [-0.4, -0.2) is 79.6 Å². The van der Waals surface area contributed by atoms with Gasteiger partial charge in [0.2, 0.25) is 0 Å². The molecule has 29 heavy (non-hydrogen) atoms. The van der Waals surface area contributed by atoms with E-state index in [0.29, 0.717) is 0 Å². The quantitative estimate of drug-likeness (QED) is 0.535. The van der Waals surface area contributed by atoms with Gasteiger partial charge in [-0.25, -0.2) is 4.79 Å². The van der Waals surface area contributed by atoms with Crippen molar-refractivity contribution in [3.05, 3.63) is 34.2 Å². The molecule has 3 N–H and O–H groups in total. The minimum Gasteiger partial charge on any atom is -0.380 e. The van der Waals surface area contributed by atoms with Gasteiger partial charge in [-0.1, -0.05) is 12.1 Å². The van der Waals surface area contributed by atoms with Gasteiger partial charge in [0.15, 0.2) is 0 Å². The maximum atomic E-state index is 12.9. The first kappa shape index (κ1) is 20.6. The molecule has 0 radical (unpaired) electrons. The summed E-state index contributed by atoms with van der Waals surface area (Å²) in [5.41, 5.74) is 3.32. The van der Waals surface area contributed by atoms with Crippen LogP contribution in [0, 0.1) is 0 Å². The highest BCUT2D eigenvalue weighted by atomic mass is 16.5. The molecule has 1 aromatic heterocycles. The second kappa shape index (κ2) is 9.86. The first-order chi connectivity index (χ1) is 14.3. The van der Waals surface area contributed by atoms with Gasteiger partial charge in [0, 0.05) is 66.0 Å². The third kappa shape index (κ3) is 4.73. The number of hydrogen-bond donors (Lipinski definition) is 3. The number of rotatable bonds is 8. The van der Waals surface area contributed by atoms with Gasteiger partial charge in [0.25, 0.3) is 0 Å². The fourth-order valence-corrected chi connectivity index (χ4v) is 4.44. The number of imidazole rings is 1. The molecule has 160 valence electrons. The standard InChI is InChI=1S/C21H34N6O2/c1-25-20-17(5-3-14-29-15-13-26-11-9-22-10-12-26)4-2-6-18(20)27(21(25)28)19-16-23-7-8-24-19/h2,4,6,19,22-24H,3,5,7-16H2,1H3. The van der Waals surface area contributed by atoms with Crippen molar-refractivity contribution in [1.29, 1.82) is 0 Å². The molecule has 0 saturated carbocycles. The lowest BCUT2D eigenvalue weighted by Gasteiger charge is -2.26. The zero-order valence-electron chi connectivity index (χ0n) is 17.5. The molecule has 2 aliphatic rings. The molecular formula is C21H34N6O2. The van der Waals surface area contributed by atoms with Crippen molar-refractivity contribution >= 4 is 11.0 Å². The van der Waals surface area contributed by atoms with Crippen molar-refractivity contribution in [2.75, 3.05) is 65.6 Å². The molecule has 2 fully saturated rings. The average molecular weight is 403 g/mol. The third-order valence-electron chi connectivity index (χ3n) is 6.01. The van der Waals surface area contributed by atoms with Crippen LogP contribution in [0.5, 0.6) is 0 Å². The summed E-state index contributed by atoms with van der Waals surface area (Å²) in [5, 5.41) is 10.2. The first-order valence-electron chi connectivity index (χ1n) is 10.9. The van der Waals surface area contributed by atoms with Crippen LogP contribution >= 0.6 is 0 Å². The van der Waals surface area contributed by atoms with Crippen molar-refractivity contribution in [2.45, 2.75) is 19.0 Å². The van der Waals surface area contributed by atoms with E-state index < -0.39 is 0 Å². The van der Waals surface area contributed by atoms with Crippen LogP contribution in [0.15, 0.2) is 23.0 Å². The van der Waals surface area contributed by atoms with E-state index in [1.54, 1.807) is 4.57 Å². The molecule has 8 nitrogen and oxygen atoms in total. The Morgan fingerprint density at radius 3 is 2.76 bits per heavy atom. The van der Waals surface area contributed by atoms with Gasteiger partial charge in [-0.15, -0.1) is 0 Å². The Balaban J connectivity index is 1.36. The number of nitrogens with one attached hydrogen (secondary N) is 3. The zero-order valence-corrected chi connectivity index (χ0v) is 17.5. The van der Waals surface area contributed by atoms with Crippen molar-refractivity contribution in [1.82, 2.24) is 30.0 Å². The van der Waals surface area contributed by atoms with Gasteiger partial charge >= 0.3 is 5.69 Å². The fraction of sp³-hybridized carbons (Fsp3) is 0.667. The van der Waals surface area contributed by atoms with Gasteiger partial charge in [-0.05, 0) is 24.5 Å². The van der Waals surface area contributed by atoms with Gasteiger partial charge in [0.05, 0.1) is 17.6 Å². The first-order valence-corrected chi connectivity index (χ1v) is 10.9. The largest absolute Gasteiger partial charge is 0.380 e. The minimum absolute atomic E-state index is 0.00326. The molecule has 2 saturated heterocycles. The monoisotopic (exact) mass is 402 g/mol. The highest BCUT2D eigenvalue weighted by molar-refractivity contribution is 5.80. The average Bonchev–Trinajstić information content (AvgIpc) is 3.03. The summed E-state index contributed by atoms with van der Waals surface area (Å²) in [5.74, 6) is 0. The van der Waals surface area contributed by atoms with Gasteiger partial charge in [-0.2, -0.15) is 0 Å². The van der Waals surface area contributed by atoms with E-state index in [2.05, 4.69) is 39.0 Å². The Bertz CT molecular complexity index is 849. The number of benzene rings is 1. The van der Waals surface area contributed by atoms with E-state index in [1.807, 2.05) is 11.6 Å². The molecular weight excluding hydrogens is 368 g/mol. The van der Waals surface area contributed by atoms with Crippen molar-refractivity contribution in [3.8, 4) is 0 Å². The normalized spacial score (nSPS) is 21.1. The van der Waals surface area contributed by atoms with Crippen LogP contribution < -0.4 is 21.6 Å². The van der Waals surface area contributed by atoms with Gasteiger partial charge in [0.1, 0.15) is 6.17 Å². The number of aryl methyl sites for hydroxylation is 2. The Morgan fingerprint density at radius 1 is 1.10 bits per heavy atom. The summed E-state index contributed by atoms with van der Waals surface area (Å²) >= 11 is 0. The van der Waals surface area contributed by atoms with Gasteiger partial charge in [-0.3, -0.25) is 19.4 Å². The van der Waals surface area contributed by atoms with E-state index in [1.165, 1.54) is 5.56 Å². The number of nitrogens with zero attached hydrogens (tertiary/aromatic N) is 3. The highest BCUT2D eigenvalue weighted by Crippen LogP contribution is 2.21. The summed E-state index contributed by atoms with van der Waals surface area (Å²) in [7, 11) is 1.88. The Hall–Kier alpha value is -1.71. The summed E-state index contributed by atoms with van der Waals surface area (Å²) in [4.78, 5) is 15.4. The number of hydrogen-bond acceptors (Lipinski definition) is 6.